The monoisotopic (exact) mass is 307 g/mol. The van der Waals surface area contributed by atoms with Crippen LogP contribution in [0, 0.1) is 13.8 Å². The van der Waals surface area contributed by atoms with Gasteiger partial charge in [-0.1, -0.05) is 0 Å². The molecule has 6 nitrogen and oxygen atoms in total. The fourth-order valence-corrected chi connectivity index (χ4v) is 2.50. The predicted octanol–water partition coefficient (Wildman–Crippen LogP) is 2.87. The number of carbonyl (C=O) groups excluding carboxylic acids is 1. The lowest BCUT2D eigenvalue weighted by molar-refractivity contribution is 0.0223. The highest BCUT2D eigenvalue weighted by Crippen LogP contribution is 2.25. The van der Waals surface area contributed by atoms with E-state index in [-0.39, 0.29) is 18.2 Å². The Morgan fingerprint density at radius 3 is 2.64 bits per heavy atom. The number of aryl methyl sites for hydroxylation is 2. The molecule has 0 N–H and O–H groups in total. The van der Waals surface area contributed by atoms with Crippen molar-refractivity contribution in [2.45, 2.75) is 65.7 Å². The Bertz CT molecular complexity index is 554. The van der Waals surface area contributed by atoms with Crippen LogP contribution < -0.4 is 4.74 Å². The number of ether oxygens (including phenoxy) is 2. The number of rotatable bonds is 2. The van der Waals surface area contributed by atoms with Crippen molar-refractivity contribution < 1.29 is 14.3 Å². The molecular weight excluding hydrogens is 282 g/mol. The van der Waals surface area contributed by atoms with Crippen LogP contribution in [0.15, 0.2) is 6.20 Å². The van der Waals surface area contributed by atoms with Gasteiger partial charge in [0, 0.05) is 12.5 Å². The smallest absolute Gasteiger partial charge is 0.410 e. The first-order valence-corrected chi connectivity index (χ1v) is 7.62. The van der Waals surface area contributed by atoms with Gasteiger partial charge in [-0.3, -0.25) is 4.98 Å². The highest BCUT2D eigenvalue weighted by molar-refractivity contribution is 5.69. The first kappa shape index (κ1) is 16.5. The molecule has 0 radical (unpaired) electrons. The summed E-state index contributed by atoms with van der Waals surface area (Å²) in [6.07, 6.45) is 2.07. The van der Waals surface area contributed by atoms with Crippen molar-refractivity contribution in [2.75, 3.05) is 6.54 Å². The summed E-state index contributed by atoms with van der Waals surface area (Å²) in [5, 5.41) is 0. The largest absolute Gasteiger partial charge is 0.471 e. The molecule has 1 aliphatic heterocycles. The standard InChI is InChI=1S/C16H25N3O3/c1-10-8-17-14(12(3)18-10)21-13-7-11(2)19(9-13)15(20)22-16(4,5)6/h8,11,13H,7,9H2,1-6H3/t11-,13+/m0/s1. The summed E-state index contributed by atoms with van der Waals surface area (Å²) in [5.41, 5.74) is 1.14. The lowest BCUT2D eigenvalue weighted by atomic mass is 10.2. The van der Waals surface area contributed by atoms with Crippen LogP contribution in [0.3, 0.4) is 0 Å². The third-order valence-electron chi connectivity index (χ3n) is 3.46. The zero-order valence-corrected chi connectivity index (χ0v) is 14.2. The minimum atomic E-state index is -0.491. The van der Waals surface area contributed by atoms with Gasteiger partial charge in [-0.15, -0.1) is 0 Å². The second-order valence-electron chi connectivity index (χ2n) is 6.86. The first-order valence-electron chi connectivity index (χ1n) is 7.62. The van der Waals surface area contributed by atoms with Gasteiger partial charge < -0.3 is 14.4 Å². The molecule has 1 aromatic rings. The zero-order chi connectivity index (χ0) is 16.5. The molecule has 0 bridgehead atoms. The zero-order valence-electron chi connectivity index (χ0n) is 14.2. The lowest BCUT2D eigenvalue weighted by Gasteiger charge is -2.26. The van der Waals surface area contributed by atoms with Crippen LogP contribution in [-0.4, -0.2) is 45.3 Å². The van der Waals surface area contributed by atoms with Gasteiger partial charge in [-0.2, -0.15) is 0 Å². The van der Waals surface area contributed by atoms with Gasteiger partial charge in [-0.25, -0.2) is 9.78 Å². The molecule has 1 saturated heterocycles. The van der Waals surface area contributed by atoms with Gasteiger partial charge in [0.15, 0.2) is 0 Å². The topological polar surface area (TPSA) is 64.5 Å². The quantitative estimate of drug-likeness (QED) is 0.840. The molecule has 2 heterocycles. The Kier molecular flexibility index (Phi) is 4.58. The van der Waals surface area contributed by atoms with Gasteiger partial charge in [0.05, 0.1) is 24.1 Å². The van der Waals surface area contributed by atoms with Crippen LogP contribution in [0.1, 0.15) is 45.5 Å². The van der Waals surface area contributed by atoms with Crippen LogP contribution in [0.5, 0.6) is 5.88 Å². The van der Waals surface area contributed by atoms with Crippen LogP contribution in [-0.2, 0) is 4.74 Å². The van der Waals surface area contributed by atoms with E-state index in [4.69, 9.17) is 9.47 Å². The number of amides is 1. The van der Waals surface area contributed by atoms with E-state index >= 15 is 0 Å². The molecule has 22 heavy (non-hydrogen) atoms. The molecule has 0 unspecified atom stereocenters. The summed E-state index contributed by atoms with van der Waals surface area (Å²) in [7, 11) is 0. The van der Waals surface area contributed by atoms with E-state index in [0.29, 0.717) is 12.4 Å². The minimum Gasteiger partial charge on any atom is -0.471 e. The maximum absolute atomic E-state index is 12.2. The Hall–Kier alpha value is -1.85. The Morgan fingerprint density at radius 1 is 1.36 bits per heavy atom. The highest BCUT2D eigenvalue weighted by Gasteiger charge is 2.36. The number of hydrogen-bond acceptors (Lipinski definition) is 5. The Morgan fingerprint density at radius 2 is 2.05 bits per heavy atom. The summed E-state index contributed by atoms with van der Waals surface area (Å²) in [6.45, 7) is 11.9. The molecule has 0 saturated carbocycles. The molecular formula is C16H25N3O3. The van der Waals surface area contributed by atoms with Gasteiger partial charge in [0.1, 0.15) is 11.7 Å². The van der Waals surface area contributed by atoms with Gasteiger partial charge in [0.2, 0.25) is 5.88 Å². The SMILES string of the molecule is Cc1cnc(O[C@@H]2C[C@H](C)N(C(=O)OC(C)(C)C)C2)c(C)n1. The van der Waals surface area contributed by atoms with E-state index in [0.717, 1.165) is 17.8 Å². The van der Waals surface area contributed by atoms with Gasteiger partial charge in [0.25, 0.3) is 0 Å². The maximum Gasteiger partial charge on any atom is 0.410 e. The van der Waals surface area contributed by atoms with E-state index in [9.17, 15) is 4.79 Å². The molecule has 0 aromatic carbocycles. The molecule has 2 rings (SSSR count). The molecule has 122 valence electrons. The summed E-state index contributed by atoms with van der Waals surface area (Å²) < 4.78 is 11.4. The average molecular weight is 307 g/mol. The van der Waals surface area contributed by atoms with Crippen molar-refractivity contribution in [3.05, 3.63) is 17.6 Å². The van der Waals surface area contributed by atoms with Crippen molar-refractivity contribution in [3.63, 3.8) is 0 Å². The highest BCUT2D eigenvalue weighted by atomic mass is 16.6. The van der Waals surface area contributed by atoms with E-state index in [1.807, 2.05) is 41.5 Å². The van der Waals surface area contributed by atoms with Crippen molar-refractivity contribution >= 4 is 6.09 Å². The van der Waals surface area contributed by atoms with E-state index < -0.39 is 5.60 Å². The third kappa shape index (κ3) is 4.08. The molecule has 1 amide bonds. The fraction of sp³-hybridized carbons (Fsp3) is 0.688. The molecule has 1 aliphatic rings. The Labute approximate surface area is 131 Å². The average Bonchev–Trinajstić information content (AvgIpc) is 2.72. The normalized spacial score (nSPS) is 21.8. The number of nitrogens with zero attached hydrogens (tertiary/aromatic N) is 3. The van der Waals surface area contributed by atoms with Crippen molar-refractivity contribution in [1.29, 1.82) is 0 Å². The summed E-state index contributed by atoms with van der Waals surface area (Å²) >= 11 is 0. The first-order chi connectivity index (χ1) is 10.2. The molecule has 2 atom stereocenters. The van der Waals surface area contributed by atoms with E-state index in [1.165, 1.54) is 0 Å². The molecule has 6 heteroatoms. The number of likely N-dealkylation sites (tertiary alicyclic amines) is 1. The summed E-state index contributed by atoms with van der Waals surface area (Å²) in [6, 6.07) is 0.0820. The molecule has 1 aromatic heterocycles. The fourth-order valence-electron chi connectivity index (χ4n) is 2.50. The Balaban J connectivity index is 2.00. The van der Waals surface area contributed by atoms with Crippen molar-refractivity contribution in [2.24, 2.45) is 0 Å². The molecule has 1 fully saturated rings. The van der Waals surface area contributed by atoms with E-state index in [2.05, 4.69) is 9.97 Å². The number of carbonyl (C=O) groups is 1. The van der Waals surface area contributed by atoms with Gasteiger partial charge in [-0.05, 0) is 41.5 Å². The summed E-state index contributed by atoms with van der Waals surface area (Å²) in [5.74, 6) is 0.536. The number of hydrogen-bond donors (Lipinski definition) is 0. The second kappa shape index (κ2) is 6.10. The van der Waals surface area contributed by atoms with Crippen molar-refractivity contribution in [3.8, 4) is 5.88 Å². The molecule has 0 aliphatic carbocycles. The van der Waals surface area contributed by atoms with Crippen LogP contribution in [0.4, 0.5) is 4.79 Å². The van der Waals surface area contributed by atoms with Crippen LogP contribution in [0.25, 0.3) is 0 Å². The van der Waals surface area contributed by atoms with E-state index in [1.54, 1.807) is 11.1 Å². The third-order valence-corrected chi connectivity index (χ3v) is 3.46. The van der Waals surface area contributed by atoms with Gasteiger partial charge >= 0.3 is 6.09 Å². The lowest BCUT2D eigenvalue weighted by Crippen LogP contribution is -2.39. The molecule has 0 spiro atoms. The second-order valence-corrected chi connectivity index (χ2v) is 6.86. The minimum absolute atomic E-state index is 0.0820. The number of aromatic nitrogens is 2. The van der Waals surface area contributed by atoms with Crippen molar-refractivity contribution in [1.82, 2.24) is 14.9 Å². The summed E-state index contributed by atoms with van der Waals surface area (Å²) in [4.78, 5) is 22.5. The predicted molar refractivity (Wildman–Crippen MR) is 82.9 cm³/mol. The van der Waals surface area contributed by atoms with Crippen LogP contribution >= 0.6 is 0 Å². The van der Waals surface area contributed by atoms with Crippen LogP contribution in [0.2, 0.25) is 0 Å². The maximum atomic E-state index is 12.2.